The van der Waals surface area contributed by atoms with Gasteiger partial charge in [-0.2, -0.15) is 0 Å². The van der Waals surface area contributed by atoms with Crippen molar-refractivity contribution in [1.29, 1.82) is 0 Å². The molecule has 1 aromatic heterocycles. The third kappa shape index (κ3) is 4.19. The summed E-state index contributed by atoms with van der Waals surface area (Å²) in [6.07, 6.45) is 0.390. The van der Waals surface area contributed by atoms with E-state index >= 15 is 0 Å². The number of nitrogens with one attached hydrogen (secondary N) is 2. The van der Waals surface area contributed by atoms with E-state index in [2.05, 4.69) is 20.2 Å². The SMILES string of the molecule is CC(=O)NCCCn1c(NCC(C)O)nc2ccccc21. The number of amides is 1. The van der Waals surface area contributed by atoms with Gasteiger partial charge in [0.2, 0.25) is 11.9 Å². The fourth-order valence-corrected chi connectivity index (χ4v) is 2.18. The summed E-state index contributed by atoms with van der Waals surface area (Å²) in [4.78, 5) is 15.4. The largest absolute Gasteiger partial charge is 0.392 e. The maximum atomic E-state index is 10.9. The summed E-state index contributed by atoms with van der Waals surface area (Å²) < 4.78 is 2.08. The van der Waals surface area contributed by atoms with Crippen molar-refractivity contribution in [3.05, 3.63) is 24.3 Å². The molecule has 114 valence electrons. The number of rotatable bonds is 7. The average molecular weight is 290 g/mol. The molecule has 0 radical (unpaired) electrons. The monoisotopic (exact) mass is 290 g/mol. The van der Waals surface area contributed by atoms with Gasteiger partial charge in [0, 0.05) is 26.6 Å². The number of aliphatic hydroxyl groups excluding tert-OH is 1. The standard InChI is InChI=1S/C15H22N4O2/c1-11(20)10-17-15-18-13-6-3-4-7-14(13)19(15)9-5-8-16-12(2)21/h3-4,6-7,11,20H,5,8-10H2,1-2H3,(H,16,21)(H,17,18). The highest BCUT2D eigenvalue weighted by Gasteiger charge is 2.10. The van der Waals surface area contributed by atoms with E-state index in [1.165, 1.54) is 6.92 Å². The minimum atomic E-state index is -0.433. The fraction of sp³-hybridized carbons (Fsp3) is 0.467. The second-order valence-electron chi connectivity index (χ2n) is 5.14. The van der Waals surface area contributed by atoms with Gasteiger partial charge in [-0.15, -0.1) is 0 Å². The van der Waals surface area contributed by atoms with Crippen LogP contribution in [0.1, 0.15) is 20.3 Å². The molecule has 2 rings (SSSR count). The number of carbonyl (C=O) groups is 1. The highest BCUT2D eigenvalue weighted by Crippen LogP contribution is 2.19. The van der Waals surface area contributed by atoms with Crippen LogP contribution in [0.4, 0.5) is 5.95 Å². The summed E-state index contributed by atoms with van der Waals surface area (Å²) in [6, 6.07) is 7.92. The van der Waals surface area contributed by atoms with Gasteiger partial charge in [0.15, 0.2) is 0 Å². The van der Waals surface area contributed by atoms with Crippen LogP contribution < -0.4 is 10.6 Å². The van der Waals surface area contributed by atoms with Gasteiger partial charge in [0.05, 0.1) is 17.1 Å². The summed E-state index contributed by atoms with van der Waals surface area (Å²) >= 11 is 0. The Morgan fingerprint density at radius 1 is 1.43 bits per heavy atom. The van der Waals surface area contributed by atoms with E-state index in [0.29, 0.717) is 13.1 Å². The molecule has 1 atom stereocenters. The quantitative estimate of drug-likeness (QED) is 0.673. The van der Waals surface area contributed by atoms with E-state index in [-0.39, 0.29) is 5.91 Å². The molecule has 2 aromatic rings. The first-order chi connectivity index (χ1) is 10.1. The van der Waals surface area contributed by atoms with Crippen LogP contribution in [-0.2, 0) is 11.3 Å². The second kappa shape index (κ2) is 7.08. The van der Waals surface area contributed by atoms with E-state index in [1.54, 1.807) is 6.92 Å². The molecule has 1 heterocycles. The van der Waals surface area contributed by atoms with Gasteiger partial charge in [-0.1, -0.05) is 12.1 Å². The lowest BCUT2D eigenvalue weighted by atomic mass is 10.3. The first-order valence-corrected chi connectivity index (χ1v) is 7.19. The van der Waals surface area contributed by atoms with Crippen molar-refractivity contribution in [3.8, 4) is 0 Å². The van der Waals surface area contributed by atoms with Gasteiger partial charge in [-0.25, -0.2) is 4.98 Å². The van der Waals surface area contributed by atoms with Gasteiger partial charge in [0.25, 0.3) is 0 Å². The topological polar surface area (TPSA) is 79.2 Å². The lowest BCUT2D eigenvalue weighted by molar-refractivity contribution is -0.118. The Morgan fingerprint density at radius 2 is 2.19 bits per heavy atom. The zero-order valence-corrected chi connectivity index (χ0v) is 12.5. The molecule has 0 bridgehead atoms. The number of aryl methyl sites for hydroxylation is 1. The Bertz CT molecular complexity index is 607. The van der Waals surface area contributed by atoms with E-state index < -0.39 is 6.10 Å². The van der Waals surface area contributed by atoms with Crippen LogP contribution in [0.2, 0.25) is 0 Å². The predicted octanol–water partition coefficient (Wildman–Crippen LogP) is 1.36. The van der Waals surface area contributed by atoms with Crippen molar-refractivity contribution < 1.29 is 9.90 Å². The average Bonchev–Trinajstić information content (AvgIpc) is 2.79. The van der Waals surface area contributed by atoms with Gasteiger partial charge >= 0.3 is 0 Å². The molecule has 1 aromatic carbocycles. The maximum Gasteiger partial charge on any atom is 0.216 e. The zero-order chi connectivity index (χ0) is 15.2. The number of anilines is 1. The van der Waals surface area contributed by atoms with Crippen molar-refractivity contribution in [2.75, 3.05) is 18.4 Å². The van der Waals surface area contributed by atoms with Gasteiger partial charge in [-0.3, -0.25) is 4.79 Å². The molecule has 1 unspecified atom stereocenters. The fourth-order valence-electron chi connectivity index (χ4n) is 2.18. The maximum absolute atomic E-state index is 10.9. The Hall–Kier alpha value is -2.08. The number of imidazole rings is 1. The normalized spacial score (nSPS) is 12.3. The molecular weight excluding hydrogens is 268 g/mol. The first kappa shape index (κ1) is 15.3. The zero-order valence-electron chi connectivity index (χ0n) is 12.5. The second-order valence-corrected chi connectivity index (χ2v) is 5.14. The number of para-hydroxylation sites is 2. The van der Waals surface area contributed by atoms with Crippen LogP contribution in [0.5, 0.6) is 0 Å². The molecule has 0 spiro atoms. The van der Waals surface area contributed by atoms with Crippen LogP contribution in [0.15, 0.2) is 24.3 Å². The molecule has 21 heavy (non-hydrogen) atoms. The minimum Gasteiger partial charge on any atom is -0.392 e. The summed E-state index contributed by atoms with van der Waals surface area (Å²) in [5.74, 6) is 0.734. The van der Waals surface area contributed by atoms with Crippen molar-refractivity contribution in [2.24, 2.45) is 0 Å². The Labute approximate surface area is 124 Å². The van der Waals surface area contributed by atoms with Crippen molar-refractivity contribution >= 4 is 22.9 Å². The molecular formula is C15H22N4O2. The number of fused-ring (bicyclic) bond motifs is 1. The molecule has 3 N–H and O–H groups in total. The van der Waals surface area contributed by atoms with Crippen molar-refractivity contribution in [1.82, 2.24) is 14.9 Å². The predicted molar refractivity (Wildman–Crippen MR) is 83.2 cm³/mol. The number of hydrogen-bond acceptors (Lipinski definition) is 4. The minimum absolute atomic E-state index is 0.0158. The summed E-state index contributed by atoms with van der Waals surface area (Å²) in [6.45, 7) is 5.09. The highest BCUT2D eigenvalue weighted by molar-refractivity contribution is 5.78. The number of nitrogens with zero attached hydrogens (tertiary/aromatic N) is 2. The molecule has 6 heteroatoms. The Kier molecular flexibility index (Phi) is 5.16. The summed E-state index contributed by atoms with van der Waals surface area (Å²) in [7, 11) is 0. The lowest BCUT2D eigenvalue weighted by Gasteiger charge is -2.12. The summed E-state index contributed by atoms with van der Waals surface area (Å²) in [5.41, 5.74) is 1.97. The van der Waals surface area contributed by atoms with Crippen LogP contribution in [0.25, 0.3) is 11.0 Å². The van der Waals surface area contributed by atoms with Crippen LogP contribution in [-0.4, -0.2) is 39.8 Å². The smallest absolute Gasteiger partial charge is 0.216 e. The molecule has 6 nitrogen and oxygen atoms in total. The molecule has 0 fully saturated rings. The lowest BCUT2D eigenvalue weighted by Crippen LogP contribution is -2.22. The van der Waals surface area contributed by atoms with E-state index in [1.807, 2.05) is 24.3 Å². The number of benzene rings is 1. The molecule has 0 aliphatic carbocycles. The third-order valence-corrected chi connectivity index (χ3v) is 3.14. The van der Waals surface area contributed by atoms with Crippen LogP contribution >= 0.6 is 0 Å². The van der Waals surface area contributed by atoms with Crippen molar-refractivity contribution in [3.63, 3.8) is 0 Å². The molecule has 1 amide bonds. The number of carbonyl (C=O) groups excluding carboxylic acids is 1. The molecule has 0 aliphatic rings. The number of aliphatic hydroxyl groups is 1. The molecule has 0 saturated heterocycles. The van der Waals surface area contributed by atoms with Gasteiger partial charge in [-0.05, 0) is 25.5 Å². The molecule has 0 aliphatic heterocycles. The Morgan fingerprint density at radius 3 is 2.90 bits per heavy atom. The first-order valence-electron chi connectivity index (χ1n) is 7.19. The van der Waals surface area contributed by atoms with E-state index in [9.17, 15) is 9.90 Å². The molecule has 0 saturated carbocycles. The highest BCUT2D eigenvalue weighted by atomic mass is 16.3. The van der Waals surface area contributed by atoms with Gasteiger partial charge < -0.3 is 20.3 Å². The van der Waals surface area contributed by atoms with Crippen LogP contribution in [0.3, 0.4) is 0 Å². The third-order valence-electron chi connectivity index (χ3n) is 3.14. The van der Waals surface area contributed by atoms with Gasteiger partial charge in [0.1, 0.15) is 0 Å². The number of hydrogen-bond donors (Lipinski definition) is 3. The number of aromatic nitrogens is 2. The van der Waals surface area contributed by atoms with E-state index in [4.69, 9.17) is 0 Å². The Balaban J connectivity index is 2.13. The summed E-state index contributed by atoms with van der Waals surface area (Å²) in [5, 5.41) is 15.4. The van der Waals surface area contributed by atoms with E-state index in [0.717, 1.165) is 29.9 Å². The van der Waals surface area contributed by atoms with Crippen LogP contribution in [0, 0.1) is 0 Å². The van der Waals surface area contributed by atoms with Crippen molar-refractivity contribution in [2.45, 2.75) is 32.9 Å².